The molecule has 1 aromatic rings. The molecule has 4 nitrogen and oxygen atoms in total. The number of halogens is 1. The molecule has 5 heteroatoms. The lowest BCUT2D eigenvalue weighted by atomic mass is 9.93. The summed E-state index contributed by atoms with van der Waals surface area (Å²) in [5.74, 6) is 0.998. The highest BCUT2D eigenvalue weighted by Crippen LogP contribution is 2.25. The van der Waals surface area contributed by atoms with Crippen molar-refractivity contribution in [2.24, 2.45) is 5.92 Å². The Balaban J connectivity index is 1.51. The quantitative estimate of drug-likeness (QED) is 0.872. The second-order valence-corrected chi connectivity index (χ2v) is 7.40. The molecular formula is C18H25BrN2O2. The van der Waals surface area contributed by atoms with Gasteiger partial charge in [-0.15, -0.1) is 0 Å². The predicted molar refractivity (Wildman–Crippen MR) is 94.2 cm³/mol. The maximum Gasteiger partial charge on any atom is 0.222 e. The lowest BCUT2D eigenvalue weighted by molar-refractivity contribution is -0.139. The molecule has 1 amide bonds. The molecule has 23 heavy (non-hydrogen) atoms. The first kappa shape index (κ1) is 16.9. The van der Waals surface area contributed by atoms with Crippen molar-refractivity contribution in [2.45, 2.75) is 31.8 Å². The third-order valence-corrected chi connectivity index (χ3v) is 5.41. The number of nitrogens with one attached hydrogen (secondary N) is 1. The van der Waals surface area contributed by atoms with Crippen LogP contribution in [0, 0.1) is 5.92 Å². The third-order valence-electron chi connectivity index (χ3n) is 4.89. The summed E-state index contributed by atoms with van der Waals surface area (Å²) < 4.78 is 6.92. The lowest BCUT2D eigenvalue weighted by Gasteiger charge is -2.33. The SMILES string of the molecule is O=C(CCC1CCNCC1)N1CCOC(c2ccc(Br)cc2)C1. The zero-order valence-corrected chi connectivity index (χ0v) is 15.1. The van der Waals surface area contributed by atoms with E-state index in [1.807, 2.05) is 17.0 Å². The van der Waals surface area contributed by atoms with Crippen LogP contribution in [-0.2, 0) is 9.53 Å². The Bertz CT molecular complexity index is 514. The van der Waals surface area contributed by atoms with Crippen LogP contribution in [0.4, 0.5) is 0 Å². The van der Waals surface area contributed by atoms with Gasteiger partial charge in [-0.25, -0.2) is 0 Å². The summed E-state index contributed by atoms with van der Waals surface area (Å²) in [5, 5.41) is 3.38. The van der Waals surface area contributed by atoms with Crippen molar-refractivity contribution in [3.05, 3.63) is 34.3 Å². The van der Waals surface area contributed by atoms with Gasteiger partial charge in [0.2, 0.25) is 5.91 Å². The van der Waals surface area contributed by atoms with Crippen molar-refractivity contribution in [1.82, 2.24) is 10.2 Å². The van der Waals surface area contributed by atoms with E-state index >= 15 is 0 Å². The van der Waals surface area contributed by atoms with Gasteiger partial charge in [0.05, 0.1) is 13.2 Å². The third kappa shape index (κ3) is 4.78. The largest absolute Gasteiger partial charge is 0.370 e. The maximum absolute atomic E-state index is 12.5. The van der Waals surface area contributed by atoms with Crippen LogP contribution < -0.4 is 5.32 Å². The molecule has 1 aromatic carbocycles. The summed E-state index contributed by atoms with van der Waals surface area (Å²) in [5.41, 5.74) is 1.14. The average molecular weight is 381 g/mol. The van der Waals surface area contributed by atoms with Crippen molar-refractivity contribution < 1.29 is 9.53 Å². The first-order valence-corrected chi connectivity index (χ1v) is 9.37. The number of hydrogen-bond acceptors (Lipinski definition) is 3. The summed E-state index contributed by atoms with van der Waals surface area (Å²) in [6.07, 6.45) is 4.12. The number of ether oxygens (including phenoxy) is 1. The highest BCUT2D eigenvalue weighted by Gasteiger charge is 2.26. The van der Waals surface area contributed by atoms with Gasteiger partial charge in [-0.3, -0.25) is 4.79 Å². The molecule has 2 saturated heterocycles. The number of hydrogen-bond donors (Lipinski definition) is 1. The molecule has 126 valence electrons. The molecule has 2 heterocycles. The normalized spacial score (nSPS) is 23.0. The van der Waals surface area contributed by atoms with E-state index in [0.29, 0.717) is 25.5 Å². The number of amides is 1. The average Bonchev–Trinajstić information content (AvgIpc) is 2.61. The molecule has 0 radical (unpaired) electrons. The number of piperidine rings is 1. The number of benzene rings is 1. The Labute approximate surface area is 146 Å². The van der Waals surface area contributed by atoms with E-state index in [4.69, 9.17) is 4.74 Å². The minimum Gasteiger partial charge on any atom is -0.370 e. The van der Waals surface area contributed by atoms with E-state index in [-0.39, 0.29) is 12.0 Å². The van der Waals surface area contributed by atoms with Crippen molar-refractivity contribution in [3.8, 4) is 0 Å². The van der Waals surface area contributed by atoms with Gasteiger partial charge in [0, 0.05) is 17.4 Å². The minimum absolute atomic E-state index is 0.000296. The van der Waals surface area contributed by atoms with Gasteiger partial charge in [0.25, 0.3) is 0 Å². The Kier molecular flexibility index (Phi) is 6.08. The van der Waals surface area contributed by atoms with E-state index in [9.17, 15) is 4.79 Å². The van der Waals surface area contributed by atoms with E-state index in [1.54, 1.807) is 0 Å². The number of carbonyl (C=O) groups is 1. The molecule has 0 spiro atoms. The summed E-state index contributed by atoms with van der Waals surface area (Å²) in [4.78, 5) is 14.5. The zero-order valence-electron chi connectivity index (χ0n) is 13.5. The molecule has 1 unspecified atom stereocenters. The van der Waals surface area contributed by atoms with Crippen LogP contribution in [0.15, 0.2) is 28.7 Å². The van der Waals surface area contributed by atoms with Crippen LogP contribution in [-0.4, -0.2) is 43.6 Å². The molecule has 3 rings (SSSR count). The minimum atomic E-state index is -0.000296. The first-order chi connectivity index (χ1) is 11.2. The zero-order chi connectivity index (χ0) is 16.1. The monoisotopic (exact) mass is 380 g/mol. The molecule has 0 bridgehead atoms. The second kappa shape index (κ2) is 8.27. The van der Waals surface area contributed by atoms with Crippen molar-refractivity contribution in [2.75, 3.05) is 32.8 Å². The van der Waals surface area contributed by atoms with Gasteiger partial charge >= 0.3 is 0 Å². The van der Waals surface area contributed by atoms with Gasteiger partial charge in [0.15, 0.2) is 0 Å². The van der Waals surface area contributed by atoms with Crippen LogP contribution in [0.3, 0.4) is 0 Å². The molecule has 0 aromatic heterocycles. The van der Waals surface area contributed by atoms with E-state index in [2.05, 4.69) is 33.4 Å². The smallest absolute Gasteiger partial charge is 0.222 e. The van der Waals surface area contributed by atoms with E-state index < -0.39 is 0 Å². The van der Waals surface area contributed by atoms with Crippen LogP contribution in [0.25, 0.3) is 0 Å². The van der Waals surface area contributed by atoms with Crippen molar-refractivity contribution >= 4 is 21.8 Å². The molecule has 1 atom stereocenters. The summed E-state index contributed by atoms with van der Waals surface area (Å²) in [7, 11) is 0. The predicted octanol–water partition coefficient (Wildman–Crippen LogP) is 3.13. The number of carbonyl (C=O) groups excluding carboxylic acids is 1. The Morgan fingerprint density at radius 3 is 2.74 bits per heavy atom. The number of rotatable bonds is 4. The van der Waals surface area contributed by atoms with E-state index in [0.717, 1.165) is 36.1 Å². The van der Waals surface area contributed by atoms with Crippen molar-refractivity contribution in [3.63, 3.8) is 0 Å². The maximum atomic E-state index is 12.5. The van der Waals surface area contributed by atoms with Crippen LogP contribution >= 0.6 is 15.9 Å². The highest BCUT2D eigenvalue weighted by atomic mass is 79.9. The molecule has 2 aliphatic heterocycles. The topological polar surface area (TPSA) is 41.6 Å². The number of morpholine rings is 1. The first-order valence-electron chi connectivity index (χ1n) is 8.58. The Hall–Kier alpha value is -0.910. The second-order valence-electron chi connectivity index (χ2n) is 6.48. The summed E-state index contributed by atoms with van der Waals surface area (Å²) in [6.45, 7) is 4.22. The van der Waals surface area contributed by atoms with Crippen LogP contribution in [0.1, 0.15) is 37.4 Å². The molecule has 1 N–H and O–H groups in total. The fraction of sp³-hybridized carbons (Fsp3) is 0.611. The van der Waals surface area contributed by atoms with Gasteiger partial charge in [-0.1, -0.05) is 28.1 Å². The van der Waals surface area contributed by atoms with Crippen LogP contribution in [0.5, 0.6) is 0 Å². The van der Waals surface area contributed by atoms with E-state index in [1.165, 1.54) is 12.8 Å². The van der Waals surface area contributed by atoms with Gasteiger partial charge < -0.3 is 15.0 Å². The van der Waals surface area contributed by atoms with Gasteiger partial charge in [-0.05, 0) is 56.0 Å². The fourth-order valence-electron chi connectivity index (χ4n) is 3.41. The summed E-state index contributed by atoms with van der Waals surface area (Å²) in [6, 6.07) is 8.18. The van der Waals surface area contributed by atoms with Gasteiger partial charge in [0.1, 0.15) is 6.10 Å². The highest BCUT2D eigenvalue weighted by molar-refractivity contribution is 9.10. The molecule has 0 saturated carbocycles. The fourth-order valence-corrected chi connectivity index (χ4v) is 3.68. The van der Waals surface area contributed by atoms with Crippen molar-refractivity contribution in [1.29, 1.82) is 0 Å². The standard InChI is InChI=1S/C18H25BrN2O2/c19-16-4-2-15(3-5-16)17-13-21(11-12-23-17)18(22)6-1-14-7-9-20-10-8-14/h2-5,14,17,20H,1,6-13H2. The Morgan fingerprint density at radius 2 is 2.00 bits per heavy atom. The Morgan fingerprint density at radius 1 is 1.26 bits per heavy atom. The van der Waals surface area contributed by atoms with Gasteiger partial charge in [-0.2, -0.15) is 0 Å². The molecule has 2 fully saturated rings. The lowest BCUT2D eigenvalue weighted by Crippen LogP contribution is -2.42. The molecule has 2 aliphatic rings. The van der Waals surface area contributed by atoms with Crippen LogP contribution in [0.2, 0.25) is 0 Å². The summed E-state index contributed by atoms with van der Waals surface area (Å²) >= 11 is 3.45. The number of nitrogens with zero attached hydrogens (tertiary/aromatic N) is 1. The molecular weight excluding hydrogens is 356 g/mol. The molecule has 0 aliphatic carbocycles.